The highest BCUT2D eigenvalue weighted by atomic mass is 32.1. The van der Waals surface area contributed by atoms with Gasteiger partial charge < -0.3 is 14.7 Å². The Morgan fingerprint density at radius 2 is 2.23 bits per heavy atom. The number of rotatable bonds is 10. The second kappa shape index (κ2) is 12.6. The molecule has 0 saturated carbocycles. The molecule has 3 atom stereocenters. The van der Waals surface area contributed by atoms with Crippen LogP contribution in [0.15, 0.2) is 24.3 Å². The minimum atomic E-state index is -0.554. The summed E-state index contributed by atoms with van der Waals surface area (Å²) in [5, 5.41) is 10.4. The van der Waals surface area contributed by atoms with Crippen LogP contribution in [-0.4, -0.2) is 47.7 Å². The van der Waals surface area contributed by atoms with Crippen molar-refractivity contribution in [2.45, 2.75) is 70.9 Å². The van der Waals surface area contributed by atoms with Crippen molar-refractivity contribution in [3.63, 3.8) is 0 Å². The van der Waals surface area contributed by atoms with Crippen LogP contribution >= 0.6 is 11.3 Å². The molecule has 1 aromatic heterocycles. The van der Waals surface area contributed by atoms with E-state index < -0.39 is 6.10 Å². The van der Waals surface area contributed by atoms with Crippen LogP contribution in [0.25, 0.3) is 0 Å². The Balaban J connectivity index is 1.83. The lowest BCUT2D eigenvalue weighted by atomic mass is 10.00. The van der Waals surface area contributed by atoms with E-state index in [9.17, 15) is 14.7 Å². The van der Waals surface area contributed by atoms with Crippen molar-refractivity contribution in [1.29, 1.82) is 0 Å². The van der Waals surface area contributed by atoms with Gasteiger partial charge >= 0.3 is 5.97 Å². The average molecular weight is 432 g/mol. The summed E-state index contributed by atoms with van der Waals surface area (Å²) in [7, 11) is 1.38. The Hall–Kier alpha value is -2.10. The van der Waals surface area contributed by atoms with Crippen LogP contribution in [0.2, 0.25) is 0 Å². The van der Waals surface area contributed by atoms with Gasteiger partial charge in [0, 0.05) is 30.7 Å². The standard InChI is InChI=1S/C24H33NO4S/c1-4-5-6-7-9-18(2)21(26)14-11-19-12-16-23(27)25(19)17-8-10-20-13-15-22(30-20)24(28)29-3/h11,13-15,18-19,21,26H,4-5,8-10,12,16-17H2,1-3H3/b14-11+/t18-,19-,21+/m0/s1. The van der Waals surface area contributed by atoms with E-state index in [4.69, 9.17) is 4.74 Å². The topological polar surface area (TPSA) is 66.8 Å². The van der Waals surface area contributed by atoms with Gasteiger partial charge in [0.05, 0.1) is 19.3 Å². The SMILES string of the molecule is CCCC#CC[C@H](C)[C@H](O)/C=C/[C@H]1CCC(=O)N1CCCc1ccc(C(=O)OC)s1. The number of ether oxygens (including phenoxy) is 1. The van der Waals surface area contributed by atoms with Crippen LogP contribution in [0.4, 0.5) is 0 Å². The summed E-state index contributed by atoms with van der Waals surface area (Å²) in [6.07, 6.45) is 8.86. The third kappa shape index (κ3) is 7.30. The zero-order chi connectivity index (χ0) is 21.9. The number of aryl methyl sites for hydroxylation is 1. The minimum absolute atomic E-state index is 0.0412. The van der Waals surface area contributed by atoms with Crippen LogP contribution in [0.3, 0.4) is 0 Å². The number of hydrogen-bond acceptors (Lipinski definition) is 5. The van der Waals surface area contributed by atoms with Crippen molar-refractivity contribution in [2.24, 2.45) is 5.92 Å². The largest absolute Gasteiger partial charge is 0.465 e. The molecular weight excluding hydrogens is 398 g/mol. The van der Waals surface area contributed by atoms with Gasteiger partial charge in [-0.25, -0.2) is 4.79 Å². The van der Waals surface area contributed by atoms with Crippen LogP contribution < -0.4 is 0 Å². The normalized spacial score (nSPS) is 18.3. The van der Waals surface area contributed by atoms with Gasteiger partial charge in [0.15, 0.2) is 0 Å². The van der Waals surface area contributed by atoms with Crippen LogP contribution in [0, 0.1) is 17.8 Å². The van der Waals surface area contributed by atoms with Gasteiger partial charge in [-0.1, -0.05) is 26.0 Å². The average Bonchev–Trinajstić information content (AvgIpc) is 3.36. The van der Waals surface area contributed by atoms with Gasteiger partial charge in [0.1, 0.15) is 4.88 Å². The first-order valence-corrected chi connectivity index (χ1v) is 11.6. The molecular formula is C24H33NO4S. The summed E-state index contributed by atoms with van der Waals surface area (Å²) in [4.78, 5) is 27.5. The monoisotopic (exact) mass is 431 g/mol. The summed E-state index contributed by atoms with van der Waals surface area (Å²) < 4.78 is 4.74. The van der Waals surface area contributed by atoms with Crippen LogP contribution in [-0.2, 0) is 16.0 Å². The molecule has 1 aliphatic heterocycles. The third-order valence-corrected chi connectivity index (χ3v) is 6.41. The fourth-order valence-electron chi connectivity index (χ4n) is 3.39. The molecule has 30 heavy (non-hydrogen) atoms. The van der Waals surface area contributed by atoms with E-state index >= 15 is 0 Å². The Morgan fingerprint density at radius 1 is 1.43 bits per heavy atom. The van der Waals surface area contributed by atoms with Gasteiger partial charge in [-0.3, -0.25) is 4.79 Å². The number of unbranched alkanes of at least 4 members (excludes halogenated alkanes) is 1. The number of aliphatic hydroxyl groups excluding tert-OH is 1. The number of likely N-dealkylation sites (tertiary alicyclic amines) is 1. The number of methoxy groups -OCH3 is 1. The molecule has 0 radical (unpaired) electrons. The fourth-order valence-corrected chi connectivity index (χ4v) is 4.36. The van der Waals surface area contributed by atoms with E-state index in [0.29, 0.717) is 24.3 Å². The lowest BCUT2D eigenvalue weighted by molar-refractivity contribution is -0.128. The highest BCUT2D eigenvalue weighted by Gasteiger charge is 2.28. The molecule has 0 unspecified atom stereocenters. The van der Waals surface area contributed by atoms with E-state index in [-0.39, 0.29) is 23.8 Å². The first kappa shape index (κ1) is 24.2. The Kier molecular flexibility index (Phi) is 10.1. The first-order valence-electron chi connectivity index (χ1n) is 10.7. The smallest absolute Gasteiger partial charge is 0.348 e. The summed E-state index contributed by atoms with van der Waals surface area (Å²) in [6.45, 7) is 4.77. The quantitative estimate of drug-likeness (QED) is 0.342. The Morgan fingerprint density at radius 3 is 2.97 bits per heavy atom. The van der Waals surface area contributed by atoms with Gasteiger partial charge in [0.2, 0.25) is 5.91 Å². The lowest BCUT2D eigenvalue weighted by Gasteiger charge is -2.23. The highest BCUT2D eigenvalue weighted by Crippen LogP contribution is 2.23. The lowest BCUT2D eigenvalue weighted by Crippen LogP contribution is -2.33. The Labute approximate surface area is 184 Å². The molecule has 6 heteroatoms. The molecule has 0 bridgehead atoms. The zero-order valence-electron chi connectivity index (χ0n) is 18.2. The predicted molar refractivity (Wildman–Crippen MR) is 120 cm³/mol. The minimum Gasteiger partial charge on any atom is -0.465 e. The van der Waals surface area contributed by atoms with Crippen molar-refractivity contribution in [1.82, 2.24) is 4.90 Å². The molecule has 1 aliphatic rings. The number of esters is 1. The summed E-state index contributed by atoms with van der Waals surface area (Å²) in [6, 6.07) is 3.77. The highest BCUT2D eigenvalue weighted by molar-refractivity contribution is 7.13. The van der Waals surface area contributed by atoms with Crippen LogP contribution in [0.5, 0.6) is 0 Å². The van der Waals surface area contributed by atoms with Gasteiger partial charge in [0.25, 0.3) is 0 Å². The van der Waals surface area contributed by atoms with Crippen molar-refractivity contribution < 1.29 is 19.4 Å². The maximum atomic E-state index is 12.3. The molecule has 2 rings (SSSR count). The maximum Gasteiger partial charge on any atom is 0.348 e. The predicted octanol–water partition coefficient (Wildman–Crippen LogP) is 4.21. The van der Waals surface area contributed by atoms with Gasteiger partial charge in [-0.15, -0.1) is 23.2 Å². The summed E-state index contributed by atoms with van der Waals surface area (Å²) >= 11 is 1.44. The molecule has 0 aromatic carbocycles. The number of thiophene rings is 1. The molecule has 164 valence electrons. The van der Waals surface area contributed by atoms with E-state index in [1.165, 1.54) is 18.4 Å². The zero-order valence-corrected chi connectivity index (χ0v) is 19.0. The van der Waals surface area contributed by atoms with Gasteiger partial charge in [-0.2, -0.15) is 0 Å². The molecule has 5 nitrogen and oxygen atoms in total. The number of carbonyl (C=O) groups is 2. The van der Waals surface area contributed by atoms with E-state index in [1.54, 1.807) is 6.07 Å². The number of aliphatic hydroxyl groups is 1. The molecule has 2 heterocycles. The van der Waals surface area contributed by atoms with Crippen molar-refractivity contribution >= 4 is 23.2 Å². The molecule has 1 aromatic rings. The molecule has 0 spiro atoms. The fraction of sp³-hybridized carbons (Fsp3) is 0.583. The molecule has 1 fully saturated rings. The van der Waals surface area contributed by atoms with E-state index in [0.717, 1.165) is 37.0 Å². The van der Waals surface area contributed by atoms with Crippen molar-refractivity contribution in [3.05, 3.63) is 34.0 Å². The molecule has 1 N–H and O–H groups in total. The molecule has 0 aliphatic carbocycles. The number of carbonyl (C=O) groups excluding carboxylic acids is 2. The molecule has 1 amide bonds. The van der Waals surface area contributed by atoms with E-state index in [1.807, 2.05) is 30.0 Å². The van der Waals surface area contributed by atoms with Crippen molar-refractivity contribution in [3.8, 4) is 11.8 Å². The number of hydrogen-bond donors (Lipinski definition) is 1. The first-order chi connectivity index (χ1) is 14.5. The van der Waals surface area contributed by atoms with E-state index in [2.05, 4.69) is 18.8 Å². The van der Waals surface area contributed by atoms with Crippen LogP contribution in [0.1, 0.15) is 66.9 Å². The van der Waals surface area contributed by atoms with Gasteiger partial charge in [-0.05, 0) is 43.7 Å². The summed E-state index contributed by atoms with van der Waals surface area (Å²) in [5.41, 5.74) is 0. The number of amides is 1. The summed E-state index contributed by atoms with van der Waals surface area (Å²) in [5.74, 6) is 6.17. The third-order valence-electron chi connectivity index (χ3n) is 5.28. The second-order valence-electron chi connectivity index (χ2n) is 7.71. The maximum absolute atomic E-state index is 12.3. The van der Waals surface area contributed by atoms with Crippen molar-refractivity contribution in [2.75, 3.05) is 13.7 Å². The Bertz CT molecular complexity index is 789. The number of nitrogens with zero attached hydrogens (tertiary/aromatic N) is 1. The molecule has 1 saturated heterocycles. The second-order valence-corrected chi connectivity index (χ2v) is 8.88.